The lowest BCUT2D eigenvalue weighted by Crippen LogP contribution is -2.82. The number of carbonyl (C=O) groups is 10. The van der Waals surface area contributed by atoms with E-state index in [0.717, 1.165) is 31.0 Å². The van der Waals surface area contributed by atoms with E-state index in [1.54, 1.807) is 134 Å². The van der Waals surface area contributed by atoms with Crippen LogP contribution in [0.2, 0.25) is 36.3 Å². The Morgan fingerprint density at radius 3 is 1.37 bits per heavy atom. The van der Waals surface area contributed by atoms with Gasteiger partial charge in [0, 0.05) is 64.7 Å². The highest BCUT2D eigenvalue weighted by atomic mass is 32.1. The molecule has 2 aromatic carbocycles. The lowest BCUT2D eigenvalue weighted by Gasteiger charge is -2.68. The summed E-state index contributed by atoms with van der Waals surface area (Å²) < 4.78 is 89.4. The fourth-order valence-electron chi connectivity index (χ4n) is 22.3. The molecule has 3 heterocycles. The fraction of sp³-hybridized carbons (Fsp3) is 0.674. The molecule has 14 rings (SSSR count). The van der Waals surface area contributed by atoms with Crippen LogP contribution in [0.15, 0.2) is 100 Å². The summed E-state index contributed by atoms with van der Waals surface area (Å²) in [6, 6.07) is 23.3. The molecule has 0 radical (unpaired) electrons. The summed E-state index contributed by atoms with van der Waals surface area (Å²) in [6.07, 6.45) is -10.00. The van der Waals surface area contributed by atoms with Crippen LogP contribution in [0.4, 0.5) is 4.79 Å². The average Bonchev–Trinajstić information content (AvgIpc) is 0.878. The van der Waals surface area contributed by atoms with Crippen molar-refractivity contribution in [1.29, 1.82) is 0 Å². The molecule has 3 aromatic rings. The molecule has 1 aromatic heterocycles. The Balaban J connectivity index is 0.000000227. The molecule has 124 heavy (non-hydrogen) atoms. The Kier molecular flexibility index (Phi) is 27.9. The summed E-state index contributed by atoms with van der Waals surface area (Å²) in [6.45, 7) is 27.8. The van der Waals surface area contributed by atoms with Crippen LogP contribution in [-0.4, -0.2) is 207 Å². The summed E-state index contributed by atoms with van der Waals surface area (Å²) >= 11 is 1.26. The minimum Gasteiger partial charge on any atom is -0.456 e. The monoisotopic (exact) mass is 1800 g/mol. The summed E-state index contributed by atoms with van der Waals surface area (Å²) in [4.78, 5) is 145. The number of esters is 7. The van der Waals surface area contributed by atoms with Crippen LogP contribution in [0, 0.1) is 45.3 Å². The maximum Gasteiger partial charge on any atom is 0.408 e. The molecule has 4 N–H and O–H groups in total. The lowest BCUT2D eigenvalue weighted by molar-refractivity contribution is -0.344. The molecule has 1 amide bonds. The van der Waals surface area contributed by atoms with Crippen molar-refractivity contribution in [3.05, 3.63) is 116 Å². The average molecular weight is 1800 g/mol. The molecule has 32 heteroatoms. The van der Waals surface area contributed by atoms with Gasteiger partial charge in [-0.05, 0) is 173 Å². The highest BCUT2D eigenvalue weighted by molar-refractivity contribution is 7.10. The molecule has 0 spiro atoms. The lowest BCUT2D eigenvalue weighted by atomic mass is 9.44. The van der Waals surface area contributed by atoms with E-state index < -0.39 is 224 Å². The van der Waals surface area contributed by atoms with E-state index in [9.17, 15) is 48.9 Å². The summed E-state index contributed by atoms with van der Waals surface area (Å²) in [5.41, 5.74) is -12.6. The van der Waals surface area contributed by atoms with Crippen LogP contribution in [0.1, 0.15) is 219 Å². The number of amides is 1. The van der Waals surface area contributed by atoms with Crippen molar-refractivity contribution in [3.63, 3.8) is 0 Å². The van der Waals surface area contributed by atoms with E-state index in [-0.39, 0.29) is 66.8 Å². The van der Waals surface area contributed by atoms with E-state index in [4.69, 9.17) is 65.5 Å². The third kappa shape index (κ3) is 16.7. The summed E-state index contributed by atoms with van der Waals surface area (Å²) in [5, 5.41) is 44.0. The van der Waals surface area contributed by atoms with Crippen LogP contribution in [0.5, 0.6) is 0 Å². The number of rotatable bonds is 29. The SMILES string of the molecule is CC[Si](CC)(CC)O[C@H]1C[C@H]2OC[C@@]2(OC(C)=O)C2[C@H](OC(=O)c3ccccc3)[C@]3(O)C[C@H](O)C(C)=C([C@@H](OC(=O)C4CC4)C(=O)[C@@]21C)C3(C)C.CC[Si](CC)(CC)O[C@H]1C[C@H]2OC[C@@]2(OC(C)=O)C2[C@H](OC(=O)c3ccccc3)[C@]3(O)C[C@H](OC(=O)[C@H](OCOP)[C@@H](NC(=O)OC4CCCC4)c4cccs4)C(C)=C([C@@H](OC(=O)C4CC4)C(=O)[C@@]21C)C3(C)C. The van der Waals surface area contributed by atoms with Gasteiger partial charge in [-0.1, -0.05) is 112 Å². The van der Waals surface area contributed by atoms with Gasteiger partial charge in [-0.3, -0.25) is 28.8 Å². The number of alkyl carbamates (subject to hydrolysis) is 1. The number of benzene rings is 2. The zero-order chi connectivity index (χ0) is 90.0. The minimum absolute atomic E-state index is 0.0957. The predicted octanol–water partition coefficient (Wildman–Crippen LogP) is 13.3. The number of hydrogen-bond acceptors (Lipinski definition) is 28. The summed E-state index contributed by atoms with van der Waals surface area (Å²) in [7, 11) is -3.07. The number of ketones is 2. The summed E-state index contributed by atoms with van der Waals surface area (Å²) in [5.74, 6) is -9.63. The Morgan fingerprint density at radius 2 is 0.992 bits per heavy atom. The van der Waals surface area contributed by atoms with Crippen molar-refractivity contribution in [2.75, 3.05) is 20.0 Å². The van der Waals surface area contributed by atoms with E-state index in [0.29, 0.717) is 72.7 Å². The third-order valence-corrected chi connectivity index (χ3v) is 40.9. The molecule has 680 valence electrons. The highest BCUT2D eigenvalue weighted by Crippen LogP contribution is 2.68. The van der Waals surface area contributed by atoms with Gasteiger partial charge < -0.3 is 86.1 Å². The second-order valence-electron chi connectivity index (χ2n) is 37.6. The van der Waals surface area contributed by atoms with Gasteiger partial charge in [-0.2, -0.15) is 0 Å². The maximum atomic E-state index is 16.7. The first-order chi connectivity index (χ1) is 58.7. The zero-order valence-electron chi connectivity index (χ0n) is 74.3. The molecule has 9 fully saturated rings. The number of nitrogens with one attached hydrogen (secondary N) is 1. The number of fused-ring (bicyclic) bond motifs is 10. The van der Waals surface area contributed by atoms with Gasteiger partial charge in [0.05, 0.1) is 77.2 Å². The molecular formula is C92H126NO27PSSi2. The second-order valence-corrected chi connectivity index (χ2v) is 48.4. The van der Waals surface area contributed by atoms with Gasteiger partial charge >= 0.3 is 47.9 Å². The van der Waals surface area contributed by atoms with Gasteiger partial charge in [-0.25, -0.2) is 19.2 Å². The van der Waals surface area contributed by atoms with Gasteiger partial charge in [0.15, 0.2) is 64.5 Å². The molecular weight excluding hydrogens is 1670 g/mol. The molecule has 11 aliphatic rings. The number of ether oxygens (including phenoxy) is 11. The molecule has 21 atom stereocenters. The minimum atomic E-state index is -2.65. The van der Waals surface area contributed by atoms with Crippen molar-refractivity contribution in [2.45, 2.75) is 326 Å². The Bertz CT molecular complexity index is 4540. The van der Waals surface area contributed by atoms with Crippen molar-refractivity contribution in [1.82, 2.24) is 5.32 Å². The Labute approximate surface area is 734 Å². The van der Waals surface area contributed by atoms with Crippen molar-refractivity contribution in [3.8, 4) is 0 Å². The largest absolute Gasteiger partial charge is 0.456 e. The zero-order valence-corrected chi connectivity index (χ0v) is 78.3. The standard InChI is InChI=1S/C53H72NO16PSSi.C39H54O11Si/c1-9-73(10-2,11-3)70-37-26-38-52(28-62-38,69-31(5)55)43-45(68-47(58)32-18-13-12-14-19-32)53(61)27-35(30(4)39(50(53,6)7)41(44(56)51(37,43)8)67-46(57)33-23-24-33)66-48(59)42(63-29-64-71)40(36-22-17-25-72-36)54-49(60)65-34-20-15-16-21-34;1-9-51(10-2,11-3)50-27-19-28-38(21-46-28,49-23(5)40)31-33(48-35(44)24-15-13-12-14-16-24)39(45)20-26(41)22(4)29(36(39,6)7)30(32(42)37(27,31)8)47-34(43)25-17-18-25/h12-14,17-19,22,25,33-35,37-38,40-43,45,61H,9-11,15-16,20-21,23-24,26-29,71H2,1-8H3,(H,54,60);12-16,25-28,30-31,33,41,45H,9-11,17-21H2,1-8H3/t35-,37-,38+,40-,41+,42+,43?,45-,51+,52-,53+;26-,27-,28+,30+,31?,33-,37+,38-,39+/m00/s1. The van der Waals surface area contributed by atoms with Gasteiger partial charge in [0.25, 0.3) is 0 Å². The highest BCUT2D eigenvalue weighted by Gasteiger charge is 2.82. The van der Waals surface area contributed by atoms with Crippen LogP contribution < -0.4 is 5.32 Å². The molecule has 28 nitrogen and oxygen atoms in total. The number of carbonyl (C=O) groups excluding carboxylic acids is 10. The normalized spacial score (nSPS) is 33.9. The molecule has 2 saturated heterocycles. The second kappa shape index (κ2) is 36.5. The topological polar surface area (TPSA) is 373 Å². The molecule has 7 saturated carbocycles. The number of Topliss-reactive ketones (excluding diaryl/α,β-unsaturated/α-hetero) is 2. The van der Waals surface area contributed by atoms with Crippen LogP contribution in [0.25, 0.3) is 0 Å². The first-order valence-electron chi connectivity index (χ1n) is 44.4. The molecule has 4 bridgehead atoms. The van der Waals surface area contributed by atoms with Crippen LogP contribution >= 0.6 is 20.8 Å². The number of thiophene rings is 1. The van der Waals surface area contributed by atoms with Gasteiger partial charge in [0.2, 0.25) is 0 Å². The third-order valence-electron chi connectivity index (χ3n) is 30.5. The maximum absolute atomic E-state index is 16.7. The number of aliphatic hydroxyl groups excluding tert-OH is 1. The quantitative estimate of drug-likeness (QED) is 0.0125. The molecule has 3 unspecified atom stereocenters. The van der Waals surface area contributed by atoms with Gasteiger partial charge in [-0.15, -0.1) is 11.3 Å². The Hall–Kier alpha value is -6.98. The van der Waals surface area contributed by atoms with E-state index in [1.165, 1.54) is 25.2 Å². The predicted molar refractivity (Wildman–Crippen MR) is 459 cm³/mol. The number of aliphatic hydroxyl groups is 3. The van der Waals surface area contributed by atoms with E-state index in [1.807, 2.05) is 0 Å². The fourth-order valence-corrected chi connectivity index (χ4v) is 29.0. The van der Waals surface area contributed by atoms with Crippen molar-refractivity contribution < 1.29 is 129 Å². The van der Waals surface area contributed by atoms with Crippen LogP contribution in [-0.2, 0) is 99.0 Å². The Morgan fingerprint density at radius 1 is 0.565 bits per heavy atom. The molecule has 2 aliphatic heterocycles. The van der Waals surface area contributed by atoms with Gasteiger partial charge in [0.1, 0.15) is 53.9 Å². The van der Waals surface area contributed by atoms with Crippen LogP contribution in [0.3, 0.4) is 0 Å². The first kappa shape index (κ1) is 94.6. The smallest absolute Gasteiger partial charge is 0.408 e. The molecule has 9 aliphatic carbocycles. The van der Waals surface area contributed by atoms with E-state index >= 15 is 14.4 Å². The van der Waals surface area contributed by atoms with Crippen molar-refractivity contribution >= 4 is 96.9 Å². The number of hydrogen-bond donors (Lipinski definition) is 4. The van der Waals surface area contributed by atoms with Crippen molar-refractivity contribution in [2.24, 2.45) is 45.3 Å². The first-order valence-corrected chi connectivity index (χ1v) is 50.8. The van der Waals surface area contributed by atoms with E-state index in [2.05, 4.69) is 56.3 Å².